The van der Waals surface area contributed by atoms with Crippen molar-refractivity contribution in [3.8, 4) is 11.8 Å². The number of rotatable bonds is 13. The molecule has 0 aliphatic carbocycles. The number of likely N-dealkylation sites (tertiary alicyclic amines) is 1. The summed E-state index contributed by atoms with van der Waals surface area (Å²) in [4.78, 5) is 14.2. The Morgan fingerprint density at radius 3 is 2.40 bits per heavy atom. The van der Waals surface area contributed by atoms with Crippen molar-refractivity contribution in [2.24, 2.45) is 5.73 Å². The maximum Gasteiger partial charge on any atom is 0.316 e. The summed E-state index contributed by atoms with van der Waals surface area (Å²) < 4.78 is 40.8. The lowest BCUT2D eigenvalue weighted by molar-refractivity contribution is 0.0530. The summed E-state index contributed by atoms with van der Waals surface area (Å²) in [5.41, 5.74) is 10.2. The summed E-state index contributed by atoms with van der Waals surface area (Å²) in [6.07, 6.45) is 8.11. The van der Waals surface area contributed by atoms with Gasteiger partial charge in [0, 0.05) is 37.4 Å². The molecule has 2 atom stereocenters. The SMILES string of the molecule is COc1cc(C)c(S(=O)(=O)N2CCCCC2COc2nccc(C(N)CCCN3CCC(c4ccccc4)(N(C)C)CC3)n2)c(C)c1. The molecule has 256 valence electrons. The molecule has 2 aliphatic rings. The van der Waals surface area contributed by atoms with E-state index in [0.717, 1.165) is 63.9 Å². The minimum absolute atomic E-state index is 0.0813. The zero-order valence-electron chi connectivity index (χ0n) is 28.7. The molecule has 10 nitrogen and oxygen atoms in total. The zero-order valence-corrected chi connectivity index (χ0v) is 29.5. The molecule has 2 aliphatic heterocycles. The second kappa shape index (κ2) is 15.4. The quantitative estimate of drug-likeness (QED) is 0.268. The standard InChI is InChI=1S/C36H52N6O4S/c1-27-24-31(45-5)25-28(2)34(27)47(43,44)42-21-10-9-14-30(42)26-46-35-38-19-16-33(39-35)32(37)15-11-20-41-22-17-36(18-23-41,40(3)4)29-12-7-6-8-13-29/h6-8,12-13,16,19,24-25,30,32H,9-11,14-15,17-18,20-23,26,37H2,1-5H3. The van der Waals surface area contributed by atoms with E-state index in [9.17, 15) is 8.42 Å². The number of benzene rings is 2. The summed E-state index contributed by atoms with van der Waals surface area (Å²) in [5.74, 6) is 0.647. The van der Waals surface area contributed by atoms with Gasteiger partial charge in [0.25, 0.3) is 0 Å². The van der Waals surface area contributed by atoms with Crippen LogP contribution in [0.4, 0.5) is 0 Å². The maximum absolute atomic E-state index is 13.9. The van der Waals surface area contributed by atoms with Gasteiger partial charge in [-0.2, -0.15) is 9.29 Å². The molecule has 1 aromatic heterocycles. The predicted molar refractivity (Wildman–Crippen MR) is 185 cm³/mol. The van der Waals surface area contributed by atoms with Gasteiger partial charge in [-0.15, -0.1) is 0 Å². The number of hydrogen-bond donors (Lipinski definition) is 1. The minimum atomic E-state index is -3.74. The molecule has 47 heavy (non-hydrogen) atoms. The van der Waals surface area contributed by atoms with Crippen molar-refractivity contribution in [1.82, 2.24) is 24.1 Å². The lowest BCUT2D eigenvalue weighted by Gasteiger charge is -2.46. The minimum Gasteiger partial charge on any atom is -0.497 e. The van der Waals surface area contributed by atoms with E-state index in [1.165, 1.54) is 5.56 Å². The van der Waals surface area contributed by atoms with Crippen LogP contribution in [0.15, 0.2) is 59.6 Å². The Hall–Kier alpha value is -3.09. The Labute approximate surface area is 281 Å². The zero-order chi connectivity index (χ0) is 33.6. The first-order valence-corrected chi connectivity index (χ1v) is 18.3. The van der Waals surface area contributed by atoms with E-state index in [2.05, 4.69) is 64.2 Å². The Balaban J connectivity index is 1.14. The van der Waals surface area contributed by atoms with Crippen molar-refractivity contribution < 1.29 is 17.9 Å². The molecular weight excluding hydrogens is 613 g/mol. The van der Waals surface area contributed by atoms with Gasteiger partial charge in [0.2, 0.25) is 10.0 Å². The summed E-state index contributed by atoms with van der Waals surface area (Å²) in [6, 6.07) is 15.9. The largest absolute Gasteiger partial charge is 0.497 e. The van der Waals surface area contributed by atoms with Crippen LogP contribution in [0, 0.1) is 13.8 Å². The molecule has 2 N–H and O–H groups in total. The van der Waals surface area contributed by atoms with E-state index >= 15 is 0 Å². The van der Waals surface area contributed by atoms with Gasteiger partial charge in [-0.3, -0.25) is 4.90 Å². The Kier molecular flexibility index (Phi) is 11.6. The van der Waals surface area contributed by atoms with E-state index in [1.807, 2.05) is 19.9 Å². The highest BCUT2D eigenvalue weighted by Gasteiger charge is 2.38. The van der Waals surface area contributed by atoms with Crippen molar-refractivity contribution in [2.45, 2.75) is 81.3 Å². The lowest BCUT2D eigenvalue weighted by Crippen LogP contribution is -2.50. The molecule has 0 amide bonds. The van der Waals surface area contributed by atoms with Gasteiger partial charge in [0.05, 0.1) is 23.7 Å². The van der Waals surface area contributed by atoms with Gasteiger partial charge in [-0.25, -0.2) is 13.4 Å². The molecular formula is C36H52N6O4S. The maximum atomic E-state index is 13.9. The third-order valence-corrected chi connectivity index (χ3v) is 12.3. The molecule has 3 heterocycles. The van der Waals surface area contributed by atoms with Crippen molar-refractivity contribution in [1.29, 1.82) is 0 Å². The van der Waals surface area contributed by atoms with Crippen molar-refractivity contribution in [3.63, 3.8) is 0 Å². The number of piperidine rings is 2. The van der Waals surface area contributed by atoms with Gasteiger partial charge < -0.3 is 20.1 Å². The molecule has 11 heteroatoms. The van der Waals surface area contributed by atoms with Crippen LogP contribution >= 0.6 is 0 Å². The molecule has 2 aromatic carbocycles. The number of aromatic nitrogens is 2. The predicted octanol–water partition coefficient (Wildman–Crippen LogP) is 5.06. The first-order chi connectivity index (χ1) is 22.5. The Morgan fingerprint density at radius 2 is 1.74 bits per heavy atom. The second-order valence-corrected chi connectivity index (χ2v) is 15.1. The van der Waals surface area contributed by atoms with Crippen LogP contribution in [0.25, 0.3) is 0 Å². The highest BCUT2D eigenvalue weighted by Crippen LogP contribution is 2.37. The van der Waals surface area contributed by atoms with Gasteiger partial charge in [-0.1, -0.05) is 36.8 Å². The van der Waals surface area contributed by atoms with Crippen LogP contribution in [0.2, 0.25) is 0 Å². The van der Waals surface area contributed by atoms with Crippen LogP contribution in [0.1, 0.15) is 73.4 Å². The molecule has 0 spiro atoms. The van der Waals surface area contributed by atoms with Gasteiger partial charge in [0.1, 0.15) is 12.4 Å². The van der Waals surface area contributed by atoms with Gasteiger partial charge in [0.15, 0.2) is 0 Å². The lowest BCUT2D eigenvalue weighted by atomic mass is 9.80. The molecule has 0 saturated carbocycles. The third-order valence-electron chi connectivity index (χ3n) is 10.1. The van der Waals surface area contributed by atoms with E-state index in [4.69, 9.17) is 15.2 Å². The van der Waals surface area contributed by atoms with Crippen LogP contribution in [-0.4, -0.2) is 92.5 Å². The summed E-state index contributed by atoms with van der Waals surface area (Å²) in [7, 11) is 2.23. The highest BCUT2D eigenvalue weighted by atomic mass is 32.2. The smallest absolute Gasteiger partial charge is 0.316 e. The molecule has 0 radical (unpaired) electrons. The first-order valence-electron chi connectivity index (χ1n) is 16.9. The number of hydrogen-bond acceptors (Lipinski definition) is 9. The number of nitrogens with zero attached hydrogens (tertiary/aromatic N) is 5. The summed E-state index contributed by atoms with van der Waals surface area (Å²) >= 11 is 0. The van der Waals surface area contributed by atoms with E-state index in [0.29, 0.717) is 34.7 Å². The molecule has 2 unspecified atom stereocenters. The topological polar surface area (TPSA) is 114 Å². The van der Waals surface area contributed by atoms with Crippen LogP contribution in [0.5, 0.6) is 11.8 Å². The van der Waals surface area contributed by atoms with Crippen LogP contribution in [-0.2, 0) is 15.6 Å². The van der Waals surface area contributed by atoms with Gasteiger partial charge >= 0.3 is 6.01 Å². The van der Waals surface area contributed by atoms with E-state index in [-0.39, 0.29) is 30.2 Å². The fraction of sp³-hybridized carbons (Fsp3) is 0.556. The molecule has 3 aromatic rings. The first kappa shape index (κ1) is 35.2. The van der Waals surface area contributed by atoms with E-state index in [1.54, 1.807) is 29.7 Å². The van der Waals surface area contributed by atoms with Crippen molar-refractivity contribution >= 4 is 10.0 Å². The fourth-order valence-electron chi connectivity index (χ4n) is 7.38. The third kappa shape index (κ3) is 7.97. The van der Waals surface area contributed by atoms with Crippen molar-refractivity contribution in [2.75, 3.05) is 54.0 Å². The van der Waals surface area contributed by atoms with Gasteiger partial charge in [-0.05, 0) is 108 Å². The number of sulfonamides is 1. The molecule has 5 rings (SSSR count). The molecule has 2 saturated heterocycles. The Morgan fingerprint density at radius 1 is 1.04 bits per heavy atom. The second-order valence-electron chi connectivity index (χ2n) is 13.3. The molecule has 0 bridgehead atoms. The van der Waals surface area contributed by atoms with E-state index < -0.39 is 10.0 Å². The van der Waals surface area contributed by atoms with Crippen LogP contribution in [0.3, 0.4) is 0 Å². The van der Waals surface area contributed by atoms with Crippen LogP contribution < -0.4 is 15.2 Å². The Bertz CT molecular complexity index is 1550. The average Bonchev–Trinajstić information content (AvgIpc) is 3.07. The number of ether oxygens (including phenoxy) is 2. The normalized spacial score (nSPS) is 19.9. The molecule has 2 fully saturated rings. The summed E-state index contributed by atoms with van der Waals surface area (Å²) in [5, 5.41) is 0. The highest BCUT2D eigenvalue weighted by molar-refractivity contribution is 7.89. The fourth-order valence-corrected chi connectivity index (χ4v) is 9.48. The average molecular weight is 665 g/mol. The number of aryl methyl sites for hydroxylation is 2. The van der Waals surface area contributed by atoms with Crippen molar-refractivity contribution in [3.05, 3.63) is 77.1 Å². The summed E-state index contributed by atoms with van der Waals surface area (Å²) in [6.45, 7) is 7.37. The number of nitrogens with two attached hydrogens (primary N) is 1. The number of methoxy groups -OCH3 is 1. The monoisotopic (exact) mass is 664 g/mol.